The molecule has 8 nitrogen and oxygen atoms in total. The number of anilines is 1. The lowest BCUT2D eigenvalue weighted by atomic mass is 10.1. The van der Waals surface area contributed by atoms with E-state index in [0.29, 0.717) is 37.0 Å². The summed E-state index contributed by atoms with van der Waals surface area (Å²) in [5, 5.41) is 3.35. The zero-order chi connectivity index (χ0) is 29.1. The Hall–Kier alpha value is -4.63. The van der Waals surface area contributed by atoms with Gasteiger partial charge in [0.05, 0.1) is 23.6 Å². The maximum Gasteiger partial charge on any atom is 0.236 e. The van der Waals surface area contributed by atoms with E-state index in [9.17, 15) is 9.18 Å². The molecule has 0 saturated heterocycles. The summed E-state index contributed by atoms with van der Waals surface area (Å²) < 4.78 is 15.8. The SMILES string of the molecule is Cc1ccc(CNc2nccc(-c3c(-c4ccc(F)cc4)nc4cc(CN(C)CC(=O)N(C)C)ccn34)n2)c(C)c1. The lowest BCUT2D eigenvalue weighted by Crippen LogP contribution is -2.34. The highest BCUT2D eigenvalue weighted by molar-refractivity contribution is 5.81. The van der Waals surface area contributed by atoms with Gasteiger partial charge in [-0.25, -0.2) is 19.3 Å². The van der Waals surface area contributed by atoms with Gasteiger partial charge in [0.15, 0.2) is 0 Å². The van der Waals surface area contributed by atoms with E-state index >= 15 is 0 Å². The van der Waals surface area contributed by atoms with Crippen molar-refractivity contribution in [3.05, 3.63) is 101 Å². The summed E-state index contributed by atoms with van der Waals surface area (Å²) >= 11 is 0. The quantitative estimate of drug-likeness (QED) is 0.266. The Morgan fingerprint density at radius 2 is 1.76 bits per heavy atom. The van der Waals surface area contributed by atoms with Gasteiger partial charge in [0.1, 0.15) is 11.5 Å². The van der Waals surface area contributed by atoms with Crippen molar-refractivity contribution in [3.63, 3.8) is 0 Å². The van der Waals surface area contributed by atoms with Crippen molar-refractivity contribution in [1.29, 1.82) is 0 Å². The van der Waals surface area contributed by atoms with Gasteiger partial charge >= 0.3 is 0 Å². The third-order valence-corrected chi connectivity index (χ3v) is 7.00. The molecule has 5 aromatic rings. The molecule has 9 heteroatoms. The van der Waals surface area contributed by atoms with Crippen LogP contribution in [0.4, 0.5) is 10.3 Å². The van der Waals surface area contributed by atoms with Crippen LogP contribution in [-0.4, -0.2) is 62.7 Å². The molecular weight excluding hydrogens is 517 g/mol. The first kappa shape index (κ1) is 27.9. The maximum absolute atomic E-state index is 13.8. The van der Waals surface area contributed by atoms with Crippen LogP contribution in [0.15, 0.2) is 73.1 Å². The fraction of sp³-hybridized carbons (Fsp3) is 0.250. The molecule has 2 aromatic carbocycles. The number of nitrogens with one attached hydrogen (secondary N) is 1. The normalized spacial score (nSPS) is 11.3. The van der Waals surface area contributed by atoms with Gasteiger partial charge in [0.25, 0.3) is 0 Å². The third kappa shape index (κ3) is 6.41. The number of fused-ring (bicyclic) bond motifs is 1. The van der Waals surface area contributed by atoms with Gasteiger partial charge in [-0.1, -0.05) is 23.8 Å². The average Bonchev–Trinajstić information content (AvgIpc) is 3.31. The summed E-state index contributed by atoms with van der Waals surface area (Å²) in [4.78, 5) is 30.0. The van der Waals surface area contributed by atoms with Crippen molar-refractivity contribution < 1.29 is 9.18 Å². The monoisotopic (exact) mass is 551 g/mol. The molecule has 5 rings (SSSR count). The van der Waals surface area contributed by atoms with Crippen molar-refractivity contribution in [2.24, 2.45) is 0 Å². The summed E-state index contributed by atoms with van der Waals surface area (Å²) in [5.74, 6) is 0.240. The average molecular weight is 552 g/mol. The number of carbonyl (C=O) groups excluding carboxylic acids is 1. The minimum atomic E-state index is -0.309. The van der Waals surface area contributed by atoms with E-state index < -0.39 is 0 Å². The van der Waals surface area contributed by atoms with Crippen LogP contribution in [0.3, 0.4) is 0 Å². The first-order chi connectivity index (χ1) is 19.7. The van der Waals surface area contributed by atoms with Gasteiger partial charge in [0.2, 0.25) is 11.9 Å². The Bertz CT molecular complexity index is 1690. The Morgan fingerprint density at radius 1 is 0.976 bits per heavy atom. The molecule has 0 radical (unpaired) electrons. The number of likely N-dealkylation sites (N-methyl/N-ethyl adjacent to an activating group) is 2. The lowest BCUT2D eigenvalue weighted by molar-refractivity contribution is -0.129. The number of hydrogen-bond acceptors (Lipinski definition) is 6. The predicted molar refractivity (Wildman–Crippen MR) is 160 cm³/mol. The summed E-state index contributed by atoms with van der Waals surface area (Å²) in [6, 6.07) is 18.6. The van der Waals surface area contributed by atoms with Crippen LogP contribution >= 0.6 is 0 Å². The number of imidazole rings is 1. The van der Waals surface area contributed by atoms with Crippen LogP contribution in [0, 0.1) is 19.7 Å². The van der Waals surface area contributed by atoms with Gasteiger partial charge < -0.3 is 10.2 Å². The van der Waals surface area contributed by atoms with Crippen molar-refractivity contribution >= 4 is 17.5 Å². The number of benzene rings is 2. The summed E-state index contributed by atoms with van der Waals surface area (Å²) in [6.07, 6.45) is 3.69. The van der Waals surface area contributed by atoms with Crippen LogP contribution in [0.2, 0.25) is 0 Å². The van der Waals surface area contributed by atoms with Crippen molar-refractivity contribution in [2.75, 3.05) is 33.0 Å². The molecule has 0 atom stereocenters. The molecule has 210 valence electrons. The number of hydrogen-bond donors (Lipinski definition) is 1. The Morgan fingerprint density at radius 3 is 2.49 bits per heavy atom. The minimum Gasteiger partial charge on any atom is -0.350 e. The number of nitrogens with zero attached hydrogens (tertiary/aromatic N) is 6. The Balaban J connectivity index is 1.50. The van der Waals surface area contributed by atoms with Gasteiger partial charge in [-0.15, -0.1) is 0 Å². The Kier molecular flexibility index (Phi) is 8.07. The van der Waals surface area contributed by atoms with Crippen molar-refractivity contribution in [3.8, 4) is 22.6 Å². The first-order valence-electron chi connectivity index (χ1n) is 13.5. The maximum atomic E-state index is 13.8. The standard InChI is InChI=1S/C32H34FN7O/c1-21-6-7-25(22(2)16-21)18-35-32-34-14-12-27(36-32)31-30(24-8-10-26(33)11-9-24)37-28-17-23(13-15-40(28)31)19-39(5)20-29(41)38(3)4/h6-17H,18-20H2,1-5H3,(H,34,35,36). The summed E-state index contributed by atoms with van der Waals surface area (Å²) in [6.45, 7) is 5.68. The first-order valence-corrected chi connectivity index (χ1v) is 13.5. The topological polar surface area (TPSA) is 78.7 Å². The molecule has 0 aliphatic rings. The van der Waals surface area contributed by atoms with Crippen LogP contribution in [0.5, 0.6) is 0 Å². The molecule has 0 aliphatic heterocycles. The third-order valence-electron chi connectivity index (χ3n) is 7.00. The zero-order valence-electron chi connectivity index (χ0n) is 24.0. The van der Waals surface area contributed by atoms with E-state index in [2.05, 4.69) is 42.3 Å². The molecule has 0 saturated carbocycles. The molecule has 1 N–H and O–H groups in total. The van der Waals surface area contributed by atoms with Crippen LogP contribution in [-0.2, 0) is 17.9 Å². The number of halogens is 1. The summed E-state index contributed by atoms with van der Waals surface area (Å²) in [7, 11) is 5.42. The molecule has 1 amide bonds. The number of rotatable bonds is 9. The Labute approximate surface area is 239 Å². The van der Waals surface area contributed by atoms with Crippen molar-refractivity contribution in [2.45, 2.75) is 26.9 Å². The lowest BCUT2D eigenvalue weighted by Gasteiger charge is -2.19. The van der Waals surface area contributed by atoms with E-state index in [1.165, 1.54) is 28.8 Å². The van der Waals surface area contributed by atoms with Gasteiger partial charge in [0, 0.05) is 45.1 Å². The zero-order valence-corrected chi connectivity index (χ0v) is 24.0. The van der Waals surface area contributed by atoms with Crippen molar-refractivity contribution in [1.82, 2.24) is 29.2 Å². The van der Waals surface area contributed by atoms with E-state index in [-0.39, 0.29) is 11.7 Å². The van der Waals surface area contributed by atoms with E-state index in [1.807, 2.05) is 40.7 Å². The smallest absolute Gasteiger partial charge is 0.236 e. The number of aryl methyl sites for hydroxylation is 2. The van der Waals surface area contributed by atoms with Crippen LogP contribution < -0.4 is 5.32 Å². The molecule has 0 aliphatic carbocycles. The fourth-order valence-corrected chi connectivity index (χ4v) is 4.77. The van der Waals surface area contributed by atoms with Crippen LogP contribution in [0.25, 0.3) is 28.3 Å². The van der Waals surface area contributed by atoms with E-state index in [4.69, 9.17) is 9.97 Å². The second-order valence-electron chi connectivity index (χ2n) is 10.6. The second-order valence-corrected chi connectivity index (χ2v) is 10.6. The molecule has 0 bridgehead atoms. The molecule has 0 spiro atoms. The molecule has 3 aromatic heterocycles. The molecule has 41 heavy (non-hydrogen) atoms. The highest BCUT2D eigenvalue weighted by atomic mass is 19.1. The van der Waals surface area contributed by atoms with Gasteiger partial charge in [-0.3, -0.25) is 14.1 Å². The number of amides is 1. The van der Waals surface area contributed by atoms with E-state index in [1.54, 1.807) is 37.3 Å². The highest BCUT2D eigenvalue weighted by Crippen LogP contribution is 2.32. The largest absolute Gasteiger partial charge is 0.350 e. The van der Waals surface area contributed by atoms with Gasteiger partial charge in [-0.2, -0.15) is 0 Å². The van der Waals surface area contributed by atoms with Crippen LogP contribution in [0.1, 0.15) is 22.3 Å². The highest BCUT2D eigenvalue weighted by Gasteiger charge is 2.19. The number of aromatic nitrogens is 4. The minimum absolute atomic E-state index is 0.0426. The molecule has 3 heterocycles. The second kappa shape index (κ2) is 11.9. The van der Waals surface area contributed by atoms with E-state index in [0.717, 1.165) is 22.5 Å². The van der Waals surface area contributed by atoms with Gasteiger partial charge in [-0.05, 0) is 80.1 Å². The predicted octanol–water partition coefficient (Wildman–Crippen LogP) is 5.35. The number of pyridine rings is 1. The summed E-state index contributed by atoms with van der Waals surface area (Å²) in [5.41, 5.74) is 8.31. The fourth-order valence-electron chi connectivity index (χ4n) is 4.77. The molecular formula is C32H34FN7O. The molecule has 0 fully saturated rings. The molecule has 0 unspecified atom stereocenters. The number of carbonyl (C=O) groups is 1.